The average molecular weight is 302 g/mol. The molecular weight excluding hydrogens is 289 g/mol. The first-order valence-electron chi connectivity index (χ1n) is 6.45. The second-order valence-electron chi connectivity index (χ2n) is 4.75. The highest BCUT2D eigenvalue weighted by molar-refractivity contribution is 6.30. The molecule has 0 aliphatic heterocycles. The molecule has 0 amide bonds. The van der Waals surface area contributed by atoms with Gasteiger partial charge in [-0.15, -0.1) is 0 Å². The number of nitrogens with zero attached hydrogens (tertiary/aromatic N) is 2. The summed E-state index contributed by atoms with van der Waals surface area (Å²) < 4.78 is 14.6. The Morgan fingerprint density at radius 2 is 1.86 bits per heavy atom. The van der Waals surface area contributed by atoms with Crippen LogP contribution in [0.25, 0.3) is 11.3 Å². The van der Waals surface area contributed by atoms with Crippen LogP contribution in [-0.2, 0) is 6.54 Å². The fraction of sp³-hybridized carbons (Fsp3) is 0.0625. The van der Waals surface area contributed by atoms with Gasteiger partial charge in [0.1, 0.15) is 11.6 Å². The Bertz CT molecular complexity index is 765. The van der Waals surface area contributed by atoms with E-state index < -0.39 is 0 Å². The fourth-order valence-electron chi connectivity index (χ4n) is 2.13. The van der Waals surface area contributed by atoms with Crippen molar-refractivity contribution < 1.29 is 4.39 Å². The largest absolute Gasteiger partial charge is 0.384 e. The van der Waals surface area contributed by atoms with Crippen LogP contribution in [-0.4, -0.2) is 9.78 Å². The molecule has 21 heavy (non-hydrogen) atoms. The van der Waals surface area contributed by atoms with Crippen molar-refractivity contribution in [3.05, 3.63) is 71.0 Å². The molecule has 0 atom stereocenters. The number of anilines is 1. The van der Waals surface area contributed by atoms with Crippen LogP contribution in [0.5, 0.6) is 0 Å². The van der Waals surface area contributed by atoms with Crippen molar-refractivity contribution in [2.24, 2.45) is 0 Å². The summed E-state index contributed by atoms with van der Waals surface area (Å²) in [4.78, 5) is 0. The van der Waals surface area contributed by atoms with Crippen LogP contribution in [0.2, 0.25) is 5.02 Å². The Balaban J connectivity index is 1.89. The highest BCUT2D eigenvalue weighted by Gasteiger charge is 2.08. The summed E-state index contributed by atoms with van der Waals surface area (Å²) in [6.07, 6.45) is 0. The molecule has 2 aromatic carbocycles. The summed E-state index contributed by atoms with van der Waals surface area (Å²) in [5.74, 6) is 0.277. The molecule has 0 saturated heterocycles. The van der Waals surface area contributed by atoms with Gasteiger partial charge in [0.05, 0.1) is 12.2 Å². The van der Waals surface area contributed by atoms with Gasteiger partial charge < -0.3 is 5.73 Å². The molecule has 1 heterocycles. The lowest BCUT2D eigenvalue weighted by Crippen LogP contribution is -2.05. The van der Waals surface area contributed by atoms with E-state index in [9.17, 15) is 4.39 Å². The smallest absolute Gasteiger partial charge is 0.123 e. The van der Waals surface area contributed by atoms with Gasteiger partial charge >= 0.3 is 0 Å². The van der Waals surface area contributed by atoms with Crippen molar-refractivity contribution in [3.63, 3.8) is 0 Å². The van der Waals surface area contributed by atoms with Gasteiger partial charge in [0.2, 0.25) is 0 Å². The van der Waals surface area contributed by atoms with E-state index in [-0.39, 0.29) is 5.82 Å². The maximum absolute atomic E-state index is 12.9. The number of hydrogen-bond donors (Lipinski definition) is 1. The average Bonchev–Trinajstić information content (AvgIpc) is 2.81. The zero-order valence-corrected chi connectivity index (χ0v) is 11.9. The predicted octanol–water partition coefficient (Wildman–Crippen LogP) is 3.97. The van der Waals surface area contributed by atoms with E-state index in [2.05, 4.69) is 5.10 Å². The molecule has 5 heteroatoms. The summed E-state index contributed by atoms with van der Waals surface area (Å²) >= 11 is 5.97. The lowest BCUT2D eigenvalue weighted by atomic mass is 10.1. The number of halogens is 2. The van der Waals surface area contributed by atoms with Crippen LogP contribution in [0.15, 0.2) is 54.6 Å². The lowest BCUT2D eigenvalue weighted by molar-refractivity contribution is 0.628. The van der Waals surface area contributed by atoms with Gasteiger partial charge in [-0.1, -0.05) is 23.7 Å². The van der Waals surface area contributed by atoms with Crippen molar-refractivity contribution in [1.29, 1.82) is 0 Å². The van der Waals surface area contributed by atoms with Crippen molar-refractivity contribution in [2.45, 2.75) is 6.54 Å². The second-order valence-corrected chi connectivity index (χ2v) is 5.19. The van der Waals surface area contributed by atoms with E-state index in [4.69, 9.17) is 17.3 Å². The third-order valence-corrected chi connectivity index (χ3v) is 3.41. The molecule has 106 valence electrons. The number of nitrogen functional groups attached to an aromatic ring is 1. The third-order valence-electron chi connectivity index (χ3n) is 3.17. The SMILES string of the molecule is Nc1cc(-c2ccc(F)cc2)nn1Cc1cccc(Cl)c1. The molecule has 3 nitrogen and oxygen atoms in total. The van der Waals surface area contributed by atoms with Crippen LogP contribution < -0.4 is 5.73 Å². The first-order valence-corrected chi connectivity index (χ1v) is 6.83. The van der Waals surface area contributed by atoms with Gasteiger partial charge in [0, 0.05) is 16.7 Å². The molecule has 0 radical (unpaired) electrons. The van der Waals surface area contributed by atoms with Gasteiger partial charge in [0.25, 0.3) is 0 Å². The Labute approximate surface area is 126 Å². The molecular formula is C16H13ClFN3. The quantitative estimate of drug-likeness (QED) is 0.795. The minimum absolute atomic E-state index is 0.273. The zero-order chi connectivity index (χ0) is 14.8. The van der Waals surface area contributed by atoms with Crippen LogP contribution in [0.4, 0.5) is 10.2 Å². The topological polar surface area (TPSA) is 43.8 Å². The third kappa shape index (κ3) is 3.06. The Morgan fingerprint density at radius 1 is 1.10 bits per heavy atom. The maximum Gasteiger partial charge on any atom is 0.123 e. The van der Waals surface area contributed by atoms with Crippen molar-refractivity contribution in [3.8, 4) is 11.3 Å². The maximum atomic E-state index is 12.9. The molecule has 0 fully saturated rings. The normalized spacial score (nSPS) is 10.8. The molecule has 3 aromatic rings. The molecule has 1 aromatic heterocycles. The van der Waals surface area contributed by atoms with Gasteiger partial charge in [-0.2, -0.15) is 5.10 Å². The summed E-state index contributed by atoms with van der Waals surface area (Å²) in [5.41, 5.74) is 8.55. The Hall–Kier alpha value is -2.33. The van der Waals surface area contributed by atoms with E-state index in [0.717, 1.165) is 16.8 Å². The number of hydrogen-bond acceptors (Lipinski definition) is 2. The van der Waals surface area contributed by atoms with Crippen LogP contribution >= 0.6 is 11.6 Å². The van der Waals surface area contributed by atoms with E-state index >= 15 is 0 Å². The second kappa shape index (κ2) is 5.58. The molecule has 3 rings (SSSR count). The van der Waals surface area contributed by atoms with Crippen molar-refractivity contribution in [1.82, 2.24) is 9.78 Å². The monoisotopic (exact) mass is 301 g/mol. The van der Waals surface area contributed by atoms with Gasteiger partial charge in [0.15, 0.2) is 0 Å². The molecule has 2 N–H and O–H groups in total. The number of benzene rings is 2. The van der Waals surface area contributed by atoms with Gasteiger partial charge in [-0.05, 0) is 42.0 Å². The van der Waals surface area contributed by atoms with E-state index in [1.54, 1.807) is 22.9 Å². The fourth-order valence-corrected chi connectivity index (χ4v) is 2.34. The van der Waals surface area contributed by atoms with Crippen molar-refractivity contribution >= 4 is 17.4 Å². The molecule has 0 aliphatic carbocycles. The Morgan fingerprint density at radius 3 is 2.57 bits per heavy atom. The highest BCUT2D eigenvalue weighted by Crippen LogP contribution is 2.22. The Kier molecular flexibility index (Phi) is 3.62. The van der Waals surface area contributed by atoms with Gasteiger partial charge in [-0.25, -0.2) is 9.07 Å². The van der Waals surface area contributed by atoms with E-state index in [0.29, 0.717) is 17.4 Å². The summed E-state index contributed by atoms with van der Waals surface area (Å²) in [5, 5.41) is 5.14. The van der Waals surface area contributed by atoms with Crippen LogP contribution in [0, 0.1) is 5.82 Å². The number of aromatic nitrogens is 2. The number of nitrogens with two attached hydrogens (primary N) is 1. The first kappa shape index (κ1) is 13.6. The molecule has 0 bridgehead atoms. The van der Waals surface area contributed by atoms with Gasteiger partial charge in [-0.3, -0.25) is 0 Å². The lowest BCUT2D eigenvalue weighted by Gasteiger charge is -2.04. The standard InChI is InChI=1S/C16H13ClFN3/c17-13-3-1-2-11(8-13)10-21-16(19)9-15(20-21)12-4-6-14(18)7-5-12/h1-9H,10,19H2. The minimum Gasteiger partial charge on any atom is -0.384 e. The molecule has 0 unspecified atom stereocenters. The summed E-state index contributed by atoms with van der Waals surface area (Å²) in [6.45, 7) is 0.535. The van der Waals surface area contributed by atoms with E-state index in [1.165, 1.54) is 12.1 Å². The first-order chi connectivity index (χ1) is 10.1. The molecule has 0 aliphatic rings. The van der Waals surface area contributed by atoms with Crippen LogP contribution in [0.3, 0.4) is 0 Å². The van der Waals surface area contributed by atoms with Crippen molar-refractivity contribution in [2.75, 3.05) is 5.73 Å². The van der Waals surface area contributed by atoms with Crippen LogP contribution in [0.1, 0.15) is 5.56 Å². The minimum atomic E-state index is -0.273. The summed E-state index contributed by atoms with van der Waals surface area (Å²) in [6, 6.07) is 15.5. The summed E-state index contributed by atoms with van der Waals surface area (Å²) in [7, 11) is 0. The predicted molar refractivity (Wildman–Crippen MR) is 82.6 cm³/mol. The number of rotatable bonds is 3. The van der Waals surface area contributed by atoms with E-state index in [1.807, 2.05) is 24.3 Å². The molecule has 0 saturated carbocycles. The zero-order valence-electron chi connectivity index (χ0n) is 11.1. The highest BCUT2D eigenvalue weighted by atomic mass is 35.5. The molecule has 0 spiro atoms.